The van der Waals surface area contributed by atoms with E-state index in [-0.39, 0.29) is 23.7 Å². The summed E-state index contributed by atoms with van der Waals surface area (Å²) < 4.78 is 0. The average molecular weight is 305 g/mol. The second-order valence-electron chi connectivity index (χ2n) is 5.51. The molecule has 0 fully saturated rings. The second-order valence-corrected chi connectivity index (χ2v) is 5.95. The number of carbonyl (C=O) groups is 1. The molecule has 0 aliphatic rings. The van der Waals surface area contributed by atoms with Gasteiger partial charge < -0.3 is 11.1 Å². The zero-order valence-corrected chi connectivity index (χ0v) is 13.1. The maximum Gasteiger partial charge on any atom is 0.237 e. The molecule has 5 heteroatoms. The summed E-state index contributed by atoms with van der Waals surface area (Å²) in [5.41, 5.74) is 6.79. The number of hydrogen-bond donors (Lipinski definition) is 2. The Morgan fingerprint density at radius 3 is 2.32 bits per heavy atom. The lowest BCUT2D eigenvalue weighted by Crippen LogP contribution is -2.48. The Morgan fingerprint density at radius 1 is 1.32 bits per heavy atom. The monoisotopic (exact) mass is 304 g/mol. The molecule has 1 rings (SSSR count). The van der Waals surface area contributed by atoms with Crippen molar-refractivity contribution in [2.24, 2.45) is 11.1 Å². The van der Waals surface area contributed by atoms with Gasteiger partial charge in [-0.05, 0) is 29.5 Å². The zero-order valence-electron chi connectivity index (χ0n) is 11.6. The lowest BCUT2D eigenvalue weighted by molar-refractivity contribution is -0.124. The molecule has 3 N–H and O–H groups in total. The molecule has 1 amide bonds. The van der Waals surface area contributed by atoms with Crippen LogP contribution in [0.25, 0.3) is 0 Å². The molecule has 1 atom stereocenters. The van der Waals surface area contributed by atoms with Crippen LogP contribution < -0.4 is 11.1 Å². The number of carbonyl (C=O) groups excluding carboxylic acids is 1. The van der Waals surface area contributed by atoms with Crippen molar-refractivity contribution < 1.29 is 4.79 Å². The van der Waals surface area contributed by atoms with E-state index >= 15 is 0 Å². The third kappa shape index (κ3) is 6.28. The average Bonchev–Trinajstić information content (AvgIpc) is 2.29. The quantitative estimate of drug-likeness (QED) is 0.898. The van der Waals surface area contributed by atoms with Crippen LogP contribution >= 0.6 is 24.0 Å². The van der Waals surface area contributed by atoms with E-state index < -0.39 is 6.04 Å². The fourth-order valence-corrected chi connectivity index (χ4v) is 1.61. The van der Waals surface area contributed by atoms with Gasteiger partial charge in [-0.15, -0.1) is 12.4 Å². The molecular formula is C14H22Cl2N2O. The summed E-state index contributed by atoms with van der Waals surface area (Å²) in [5, 5.41) is 3.58. The second kappa shape index (κ2) is 7.73. The van der Waals surface area contributed by atoms with Gasteiger partial charge in [0.15, 0.2) is 0 Å². The molecule has 1 aromatic carbocycles. The fraction of sp³-hybridized carbons (Fsp3) is 0.500. The Hall–Kier alpha value is -0.770. The SMILES string of the molecule is CC(C)(C)[C@H](N)C(=O)NCCc1ccc(Cl)cc1.Cl. The predicted molar refractivity (Wildman–Crippen MR) is 82.8 cm³/mol. The van der Waals surface area contributed by atoms with Crippen LogP contribution in [0.3, 0.4) is 0 Å². The molecule has 0 bridgehead atoms. The maximum atomic E-state index is 11.8. The molecule has 108 valence electrons. The van der Waals surface area contributed by atoms with Crippen molar-refractivity contribution in [3.8, 4) is 0 Å². The summed E-state index contributed by atoms with van der Waals surface area (Å²) in [6.45, 7) is 6.45. The first-order valence-corrected chi connectivity index (χ1v) is 6.46. The highest BCUT2D eigenvalue weighted by Crippen LogP contribution is 2.17. The number of benzene rings is 1. The van der Waals surface area contributed by atoms with Gasteiger partial charge in [0.25, 0.3) is 0 Å². The number of hydrogen-bond acceptors (Lipinski definition) is 2. The molecule has 0 aromatic heterocycles. The van der Waals surface area contributed by atoms with E-state index in [2.05, 4.69) is 5.32 Å². The number of nitrogens with two attached hydrogens (primary N) is 1. The predicted octanol–water partition coefficient (Wildman–Crippen LogP) is 2.79. The van der Waals surface area contributed by atoms with Crippen molar-refractivity contribution in [1.82, 2.24) is 5.32 Å². The molecule has 1 aromatic rings. The van der Waals surface area contributed by atoms with Gasteiger partial charge in [-0.3, -0.25) is 4.79 Å². The van der Waals surface area contributed by atoms with Crippen LogP contribution in [0.1, 0.15) is 26.3 Å². The van der Waals surface area contributed by atoms with Gasteiger partial charge in [0.2, 0.25) is 5.91 Å². The van der Waals surface area contributed by atoms with Gasteiger partial charge in [-0.1, -0.05) is 44.5 Å². The molecule has 0 aliphatic carbocycles. The summed E-state index contributed by atoms with van der Waals surface area (Å²) >= 11 is 5.80. The minimum atomic E-state index is -0.484. The minimum absolute atomic E-state index is 0. The summed E-state index contributed by atoms with van der Waals surface area (Å²) in [6, 6.07) is 7.12. The van der Waals surface area contributed by atoms with Crippen LogP contribution in [0.2, 0.25) is 5.02 Å². The molecule has 0 spiro atoms. The van der Waals surface area contributed by atoms with E-state index in [0.717, 1.165) is 17.0 Å². The van der Waals surface area contributed by atoms with Crippen LogP contribution in [-0.2, 0) is 11.2 Å². The van der Waals surface area contributed by atoms with Crippen molar-refractivity contribution in [3.05, 3.63) is 34.9 Å². The van der Waals surface area contributed by atoms with Crippen molar-refractivity contribution in [2.45, 2.75) is 33.2 Å². The highest BCUT2D eigenvalue weighted by Gasteiger charge is 2.26. The van der Waals surface area contributed by atoms with Crippen molar-refractivity contribution in [1.29, 1.82) is 0 Å². The van der Waals surface area contributed by atoms with Crippen LogP contribution in [0.15, 0.2) is 24.3 Å². The van der Waals surface area contributed by atoms with Gasteiger partial charge >= 0.3 is 0 Å². The molecule has 19 heavy (non-hydrogen) atoms. The molecule has 3 nitrogen and oxygen atoms in total. The molecule has 0 radical (unpaired) electrons. The van der Waals surface area contributed by atoms with Gasteiger partial charge in [0.1, 0.15) is 0 Å². The first kappa shape index (κ1) is 18.2. The smallest absolute Gasteiger partial charge is 0.237 e. The molecule has 0 saturated carbocycles. The largest absolute Gasteiger partial charge is 0.354 e. The Bertz CT molecular complexity index is 399. The fourth-order valence-electron chi connectivity index (χ4n) is 1.48. The van der Waals surface area contributed by atoms with Gasteiger partial charge in [0.05, 0.1) is 6.04 Å². The van der Waals surface area contributed by atoms with E-state index in [4.69, 9.17) is 17.3 Å². The first-order chi connectivity index (χ1) is 8.30. The summed E-state index contributed by atoms with van der Waals surface area (Å²) in [6.07, 6.45) is 0.778. The number of halogens is 2. The standard InChI is InChI=1S/C14H21ClN2O.ClH/c1-14(2,3)12(16)13(18)17-9-8-10-4-6-11(15)7-5-10;/h4-7,12H,8-9,16H2,1-3H3,(H,17,18);1H/t12-;/m1./s1. The number of nitrogens with one attached hydrogen (secondary N) is 1. The summed E-state index contributed by atoms with van der Waals surface area (Å²) in [7, 11) is 0. The summed E-state index contributed by atoms with van der Waals surface area (Å²) in [4.78, 5) is 11.8. The highest BCUT2D eigenvalue weighted by atomic mass is 35.5. The lowest BCUT2D eigenvalue weighted by atomic mass is 9.87. The van der Waals surface area contributed by atoms with Crippen molar-refractivity contribution in [2.75, 3.05) is 6.54 Å². The third-order valence-electron chi connectivity index (χ3n) is 2.84. The Morgan fingerprint density at radius 2 is 1.84 bits per heavy atom. The number of rotatable bonds is 4. The van der Waals surface area contributed by atoms with Gasteiger partial charge in [0, 0.05) is 11.6 Å². The molecular weight excluding hydrogens is 283 g/mol. The maximum absolute atomic E-state index is 11.8. The van der Waals surface area contributed by atoms with E-state index in [1.807, 2.05) is 45.0 Å². The third-order valence-corrected chi connectivity index (χ3v) is 3.09. The highest BCUT2D eigenvalue weighted by molar-refractivity contribution is 6.30. The van der Waals surface area contributed by atoms with E-state index in [1.165, 1.54) is 0 Å². The van der Waals surface area contributed by atoms with Crippen LogP contribution in [0.4, 0.5) is 0 Å². The van der Waals surface area contributed by atoms with E-state index in [0.29, 0.717) is 6.54 Å². The molecule has 0 aliphatic heterocycles. The molecule has 0 unspecified atom stereocenters. The van der Waals surface area contributed by atoms with Crippen LogP contribution in [0, 0.1) is 5.41 Å². The topological polar surface area (TPSA) is 55.1 Å². The normalized spacial score (nSPS) is 12.5. The van der Waals surface area contributed by atoms with Gasteiger partial charge in [-0.25, -0.2) is 0 Å². The Labute approximate surface area is 126 Å². The van der Waals surface area contributed by atoms with Crippen molar-refractivity contribution in [3.63, 3.8) is 0 Å². The van der Waals surface area contributed by atoms with Gasteiger partial charge in [-0.2, -0.15) is 0 Å². The van der Waals surface area contributed by atoms with Crippen LogP contribution in [0.5, 0.6) is 0 Å². The first-order valence-electron chi connectivity index (χ1n) is 6.08. The Kier molecular flexibility index (Phi) is 7.42. The molecule has 0 saturated heterocycles. The van der Waals surface area contributed by atoms with Crippen molar-refractivity contribution >= 4 is 29.9 Å². The van der Waals surface area contributed by atoms with E-state index in [1.54, 1.807) is 0 Å². The molecule has 0 heterocycles. The zero-order chi connectivity index (χ0) is 13.8. The summed E-state index contributed by atoms with van der Waals surface area (Å²) in [5.74, 6) is -0.100. The minimum Gasteiger partial charge on any atom is -0.354 e. The van der Waals surface area contributed by atoms with Crippen LogP contribution in [-0.4, -0.2) is 18.5 Å². The van der Waals surface area contributed by atoms with E-state index in [9.17, 15) is 4.79 Å². The lowest BCUT2D eigenvalue weighted by Gasteiger charge is -2.25. The Balaban J connectivity index is 0.00000324. The number of amides is 1.